The van der Waals surface area contributed by atoms with Gasteiger partial charge in [-0.05, 0) is 0 Å². The highest BCUT2D eigenvalue weighted by Crippen LogP contribution is 2.26. The third kappa shape index (κ3) is 3.89. The van der Waals surface area contributed by atoms with Crippen molar-refractivity contribution in [2.75, 3.05) is 12.8 Å². The number of carboxylic acids is 1. The van der Waals surface area contributed by atoms with Gasteiger partial charge in [-0.25, -0.2) is 9.29 Å². The molecule has 1 aliphatic heterocycles. The van der Waals surface area contributed by atoms with Gasteiger partial charge in [0.1, 0.15) is 18.8 Å². The van der Waals surface area contributed by atoms with E-state index in [0.29, 0.717) is 0 Å². The van der Waals surface area contributed by atoms with Gasteiger partial charge in [0.05, 0.1) is 12.5 Å². The second-order valence-electron chi connectivity index (χ2n) is 4.92. The standard InChI is InChI=1S/C11H13N5O8S2/c1-24-15-7(4-3-25-11(12)13-4)9(19)14-8-5(2-6(17)18)16(10(8)20)26(21,22)23/h3,5,8H,2H2,1H3,(H2,12,13)(H,14,19)(H,17,18)(H,21,22,23)/b15-7-/t5-,8-/m1/s1. The maximum atomic E-state index is 12.4. The summed E-state index contributed by atoms with van der Waals surface area (Å²) in [6, 6.07) is -3.00. The summed E-state index contributed by atoms with van der Waals surface area (Å²) in [7, 11) is -3.81. The van der Waals surface area contributed by atoms with Gasteiger partial charge in [-0.15, -0.1) is 11.3 Å². The van der Waals surface area contributed by atoms with Crippen LogP contribution in [0.1, 0.15) is 12.1 Å². The molecule has 2 heterocycles. The summed E-state index contributed by atoms with van der Waals surface area (Å²) in [6.07, 6.45) is -0.823. The SMILES string of the molecule is CO/N=C(\C(=O)N[C@H]1C(=O)N(S(=O)(=O)O)[C@@H]1CC(=O)O)c1csc(N)n1. The number of hydrogen-bond donors (Lipinski definition) is 4. The first-order valence-electron chi connectivity index (χ1n) is 6.72. The smallest absolute Gasteiger partial charge is 0.362 e. The number of anilines is 1. The minimum atomic E-state index is -4.97. The van der Waals surface area contributed by atoms with Gasteiger partial charge >= 0.3 is 16.3 Å². The van der Waals surface area contributed by atoms with Crippen molar-refractivity contribution in [1.82, 2.24) is 14.6 Å². The van der Waals surface area contributed by atoms with Crippen LogP contribution in [0.25, 0.3) is 0 Å². The van der Waals surface area contributed by atoms with Crippen LogP contribution >= 0.6 is 11.3 Å². The molecule has 0 radical (unpaired) electrons. The van der Waals surface area contributed by atoms with Crippen molar-refractivity contribution in [1.29, 1.82) is 0 Å². The summed E-state index contributed by atoms with van der Waals surface area (Å²) in [5.74, 6) is -3.60. The van der Waals surface area contributed by atoms with E-state index < -0.39 is 46.6 Å². The van der Waals surface area contributed by atoms with Gasteiger partial charge in [0, 0.05) is 5.38 Å². The first-order chi connectivity index (χ1) is 12.1. The number of carbonyl (C=O) groups excluding carboxylic acids is 2. The van der Waals surface area contributed by atoms with Gasteiger partial charge in [0.25, 0.3) is 11.8 Å². The third-order valence-corrected chi connectivity index (χ3v) is 4.87. The molecule has 0 unspecified atom stereocenters. The lowest BCUT2D eigenvalue weighted by atomic mass is 9.95. The number of β-lactam (4-membered cyclic amide) rings is 1. The van der Waals surface area contributed by atoms with Gasteiger partial charge in [0.2, 0.25) is 0 Å². The average molecular weight is 407 g/mol. The molecule has 0 saturated carbocycles. The lowest BCUT2D eigenvalue weighted by Gasteiger charge is -2.43. The molecule has 0 bridgehead atoms. The predicted molar refractivity (Wildman–Crippen MR) is 86.4 cm³/mol. The van der Waals surface area contributed by atoms with Crippen LogP contribution in [0.2, 0.25) is 0 Å². The number of amides is 2. The molecule has 15 heteroatoms. The van der Waals surface area contributed by atoms with E-state index in [1.54, 1.807) is 0 Å². The Labute approximate surface area is 150 Å². The van der Waals surface area contributed by atoms with Crippen molar-refractivity contribution in [2.45, 2.75) is 18.5 Å². The zero-order valence-electron chi connectivity index (χ0n) is 13.0. The van der Waals surface area contributed by atoms with Crippen LogP contribution in [0.4, 0.5) is 5.13 Å². The number of thiazole rings is 1. The number of nitrogens with two attached hydrogens (primary N) is 1. The Kier molecular flexibility index (Phi) is 5.43. The molecule has 0 spiro atoms. The van der Waals surface area contributed by atoms with Crippen molar-refractivity contribution in [3.8, 4) is 0 Å². The molecule has 5 N–H and O–H groups in total. The van der Waals surface area contributed by atoms with Crippen LogP contribution < -0.4 is 11.1 Å². The molecule has 2 amide bonds. The minimum Gasteiger partial charge on any atom is -0.481 e. The second kappa shape index (κ2) is 7.22. The largest absolute Gasteiger partial charge is 0.481 e. The molecule has 142 valence electrons. The summed E-state index contributed by atoms with van der Waals surface area (Å²) in [6.45, 7) is 0. The topological polar surface area (TPSA) is 202 Å². The molecular formula is C11H13N5O8S2. The first kappa shape index (κ1) is 19.5. The Bertz CT molecular complexity index is 879. The Hall–Kier alpha value is -2.78. The van der Waals surface area contributed by atoms with Crippen molar-refractivity contribution >= 4 is 50.3 Å². The monoisotopic (exact) mass is 407 g/mol. The number of aliphatic carboxylic acids is 1. The molecule has 26 heavy (non-hydrogen) atoms. The summed E-state index contributed by atoms with van der Waals surface area (Å²) >= 11 is 1.01. The van der Waals surface area contributed by atoms with Gasteiger partial charge in [0.15, 0.2) is 10.8 Å². The van der Waals surface area contributed by atoms with Crippen LogP contribution in [0.5, 0.6) is 0 Å². The molecule has 0 aliphatic carbocycles. The molecule has 1 aliphatic rings. The maximum Gasteiger partial charge on any atom is 0.362 e. The van der Waals surface area contributed by atoms with Crippen molar-refractivity contribution in [3.63, 3.8) is 0 Å². The molecular weight excluding hydrogens is 394 g/mol. The Morgan fingerprint density at radius 2 is 2.19 bits per heavy atom. The number of aromatic nitrogens is 1. The molecule has 2 rings (SSSR count). The zero-order chi connectivity index (χ0) is 19.6. The van der Waals surface area contributed by atoms with Crippen LogP contribution in [0, 0.1) is 0 Å². The van der Waals surface area contributed by atoms with Gasteiger partial charge in [-0.1, -0.05) is 5.16 Å². The van der Waals surface area contributed by atoms with E-state index in [1.807, 2.05) is 0 Å². The number of nitrogen functional groups attached to an aromatic ring is 1. The molecule has 2 atom stereocenters. The summed E-state index contributed by atoms with van der Waals surface area (Å²) in [5, 5.41) is 16.0. The molecule has 13 nitrogen and oxygen atoms in total. The van der Waals surface area contributed by atoms with Crippen molar-refractivity contribution in [2.24, 2.45) is 5.16 Å². The number of nitrogens with zero attached hydrogens (tertiary/aromatic N) is 3. The maximum absolute atomic E-state index is 12.4. The fraction of sp³-hybridized carbons (Fsp3) is 0.364. The van der Waals surface area contributed by atoms with Crippen LogP contribution in [-0.4, -0.2) is 70.1 Å². The average Bonchev–Trinajstić information content (AvgIpc) is 2.94. The predicted octanol–water partition coefficient (Wildman–Crippen LogP) is -1.95. The molecule has 1 fully saturated rings. The fourth-order valence-corrected chi connectivity index (χ4v) is 3.67. The molecule has 1 aromatic heterocycles. The third-order valence-electron chi connectivity index (χ3n) is 3.25. The first-order valence-corrected chi connectivity index (χ1v) is 8.99. The number of nitrogens with one attached hydrogen (secondary N) is 1. The Balaban J connectivity index is 2.24. The molecule has 1 saturated heterocycles. The normalized spacial score (nSPS) is 20.5. The lowest BCUT2D eigenvalue weighted by molar-refractivity contribution is -0.149. The molecule has 0 aromatic carbocycles. The second-order valence-corrected chi connectivity index (χ2v) is 7.10. The van der Waals surface area contributed by atoms with Gasteiger partial charge in [-0.3, -0.25) is 18.9 Å². The van der Waals surface area contributed by atoms with Gasteiger partial charge < -0.3 is 21.0 Å². The van der Waals surface area contributed by atoms with E-state index in [9.17, 15) is 22.8 Å². The van der Waals surface area contributed by atoms with Gasteiger partial charge in [-0.2, -0.15) is 8.42 Å². The highest BCUT2D eigenvalue weighted by molar-refractivity contribution is 7.84. The number of hydrogen-bond acceptors (Lipinski definition) is 10. The van der Waals surface area contributed by atoms with Crippen LogP contribution in [0.3, 0.4) is 0 Å². The van der Waals surface area contributed by atoms with Crippen molar-refractivity contribution in [3.05, 3.63) is 11.1 Å². The minimum absolute atomic E-state index is 0.0139. The van der Waals surface area contributed by atoms with E-state index in [1.165, 1.54) is 5.38 Å². The van der Waals surface area contributed by atoms with E-state index in [2.05, 4.69) is 20.3 Å². The highest BCUT2D eigenvalue weighted by Gasteiger charge is 2.54. The lowest BCUT2D eigenvalue weighted by Crippen LogP contribution is -2.72. The van der Waals surface area contributed by atoms with Crippen molar-refractivity contribution < 1.29 is 37.3 Å². The number of carbonyl (C=O) groups is 3. The Morgan fingerprint density at radius 3 is 2.65 bits per heavy atom. The number of rotatable bonds is 7. The summed E-state index contributed by atoms with van der Waals surface area (Å²) in [5.41, 5.74) is 5.16. The summed E-state index contributed by atoms with van der Waals surface area (Å²) < 4.78 is 31.4. The highest BCUT2D eigenvalue weighted by atomic mass is 32.2. The van der Waals surface area contributed by atoms with E-state index in [-0.39, 0.29) is 20.8 Å². The number of oxime groups is 1. The fourth-order valence-electron chi connectivity index (χ4n) is 2.24. The molecule has 1 aromatic rings. The number of carboxylic acid groups (broad SMARTS) is 1. The summed E-state index contributed by atoms with van der Waals surface area (Å²) in [4.78, 5) is 43.5. The van der Waals surface area contributed by atoms with E-state index in [4.69, 9.17) is 15.4 Å². The van der Waals surface area contributed by atoms with Crippen LogP contribution in [-0.2, 0) is 29.5 Å². The quantitative estimate of drug-likeness (QED) is 0.170. The van der Waals surface area contributed by atoms with E-state index >= 15 is 0 Å². The Morgan fingerprint density at radius 1 is 1.54 bits per heavy atom. The zero-order valence-corrected chi connectivity index (χ0v) is 14.7. The van der Waals surface area contributed by atoms with Crippen LogP contribution in [0.15, 0.2) is 10.5 Å². The van der Waals surface area contributed by atoms with E-state index in [0.717, 1.165) is 18.4 Å².